The molecule has 0 aliphatic heterocycles. The molecule has 0 aliphatic rings. The highest BCUT2D eigenvalue weighted by molar-refractivity contribution is 7.87. The first-order valence-electron chi connectivity index (χ1n) is 5.59. The van der Waals surface area contributed by atoms with Crippen LogP contribution in [0.1, 0.15) is 25.7 Å². The number of nitrogens with zero attached hydrogens (tertiary/aromatic N) is 1. The van der Waals surface area contributed by atoms with Gasteiger partial charge in [-0.2, -0.15) is 12.7 Å². The van der Waals surface area contributed by atoms with Gasteiger partial charge in [-0.1, -0.05) is 0 Å². The van der Waals surface area contributed by atoms with E-state index in [1.807, 2.05) is 0 Å². The minimum absolute atomic E-state index is 0.282. The number of nitrogens with two attached hydrogens (primary N) is 2. The van der Waals surface area contributed by atoms with Crippen molar-refractivity contribution in [3.63, 3.8) is 0 Å². The zero-order valence-electron chi connectivity index (χ0n) is 10.2. The predicted molar refractivity (Wildman–Crippen MR) is 66.3 cm³/mol. The average Bonchev–Trinajstić information content (AvgIpc) is 2.24. The highest BCUT2D eigenvalue weighted by atomic mass is 32.2. The van der Waals surface area contributed by atoms with Crippen LogP contribution < -0.4 is 16.2 Å². The van der Waals surface area contributed by atoms with Crippen LogP contribution in [0.4, 0.5) is 0 Å². The van der Waals surface area contributed by atoms with E-state index in [1.54, 1.807) is 0 Å². The molecule has 0 bridgehead atoms. The summed E-state index contributed by atoms with van der Waals surface area (Å²) in [5.74, 6) is -0.368. The summed E-state index contributed by atoms with van der Waals surface area (Å²) in [5.41, 5.74) is 10.3. The molecule has 0 saturated heterocycles. The minimum atomic E-state index is -3.42. The van der Waals surface area contributed by atoms with Crippen LogP contribution in [0.3, 0.4) is 0 Å². The number of nitrogens with one attached hydrogen (secondary N) is 1. The Morgan fingerprint density at radius 2 is 1.94 bits per heavy atom. The average molecular weight is 266 g/mol. The lowest BCUT2D eigenvalue weighted by Crippen LogP contribution is -2.39. The molecule has 0 aromatic carbocycles. The minimum Gasteiger partial charge on any atom is -0.370 e. The normalized spacial score (nSPS) is 11.9. The molecule has 0 saturated carbocycles. The molecule has 0 spiro atoms. The van der Waals surface area contributed by atoms with Gasteiger partial charge in [-0.25, -0.2) is 4.72 Å². The maximum atomic E-state index is 11.6. The monoisotopic (exact) mass is 266 g/mol. The Morgan fingerprint density at radius 3 is 2.47 bits per heavy atom. The number of primary amides is 1. The summed E-state index contributed by atoms with van der Waals surface area (Å²) in [5, 5.41) is 0. The molecular formula is C9H22N4O3S. The van der Waals surface area contributed by atoms with Gasteiger partial charge in [0.05, 0.1) is 0 Å². The summed E-state index contributed by atoms with van der Waals surface area (Å²) in [6.45, 7) is 1.16. The molecule has 17 heavy (non-hydrogen) atoms. The van der Waals surface area contributed by atoms with Gasteiger partial charge in [0.25, 0.3) is 10.2 Å². The maximum Gasteiger partial charge on any atom is 0.279 e. The van der Waals surface area contributed by atoms with E-state index < -0.39 is 10.2 Å². The second-order valence-electron chi connectivity index (χ2n) is 3.79. The van der Waals surface area contributed by atoms with Crippen LogP contribution in [0.25, 0.3) is 0 Å². The van der Waals surface area contributed by atoms with Gasteiger partial charge >= 0.3 is 0 Å². The molecule has 0 aliphatic carbocycles. The second kappa shape index (κ2) is 8.40. The predicted octanol–water partition coefficient (Wildman–Crippen LogP) is -1.24. The van der Waals surface area contributed by atoms with E-state index in [4.69, 9.17) is 11.5 Å². The van der Waals surface area contributed by atoms with Gasteiger partial charge in [0.1, 0.15) is 0 Å². The topological polar surface area (TPSA) is 119 Å². The number of carbonyl (C=O) groups excluding carboxylic acids is 1. The molecule has 0 fully saturated rings. The van der Waals surface area contributed by atoms with Crippen molar-refractivity contribution in [3.8, 4) is 0 Å². The molecule has 1 amide bonds. The lowest BCUT2D eigenvalue weighted by atomic mass is 10.2. The van der Waals surface area contributed by atoms with Crippen molar-refractivity contribution >= 4 is 16.1 Å². The van der Waals surface area contributed by atoms with Crippen LogP contribution in [0, 0.1) is 0 Å². The largest absolute Gasteiger partial charge is 0.370 e. The van der Waals surface area contributed by atoms with Gasteiger partial charge < -0.3 is 11.5 Å². The molecule has 8 heteroatoms. The fourth-order valence-electron chi connectivity index (χ4n) is 1.17. The zero-order chi connectivity index (χ0) is 13.3. The first-order valence-corrected chi connectivity index (χ1v) is 7.03. The molecule has 7 nitrogen and oxygen atoms in total. The SMILES string of the molecule is CN(CCCN)S(=O)(=O)NCCCCC(N)=O. The van der Waals surface area contributed by atoms with Crippen molar-refractivity contribution in [2.24, 2.45) is 11.5 Å². The van der Waals surface area contributed by atoms with Gasteiger partial charge in [0.15, 0.2) is 0 Å². The quantitative estimate of drug-likeness (QED) is 0.428. The van der Waals surface area contributed by atoms with E-state index in [2.05, 4.69) is 4.72 Å². The van der Waals surface area contributed by atoms with Crippen molar-refractivity contribution in [2.45, 2.75) is 25.7 Å². The fourth-order valence-corrected chi connectivity index (χ4v) is 2.16. The van der Waals surface area contributed by atoms with Gasteiger partial charge in [-0.05, 0) is 25.8 Å². The number of hydrogen-bond acceptors (Lipinski definition) is 4. The molecule has 0 rings (SSSR count). The summed E-state index contributed by atoms with van der Waals surface area (Å²) >= 11 is 0. The van der Waals surface area contributed by atoms with E-state index in [9.17, 15) is 13.2 Å². The Balaban J connectivity index is 3.81. The number of unbranched alkanes of at least 4 members (excludes halogenated alkanes) is 1. The first kappa shape index (κ1) is 16.3. The van der Waals surface area contributed by atoms with Crippen molar-refractivity contribution in [1.29, 1.82) is 0 Å². The Bertz CT molecular complexity index is 318. The van der Waals surface area contributed by atoms with Gasteiger partial charge in [-0.15, -0.1) is 0 Å². The molecule has 0 aromatic heterocycles. The third-order valence-corrected chi connectivity index (χ3v) is 3.79. The Morgan fingerprint density at radius 1 is 1.29 bits per heavy atom. The van der Waals surface area contributed by atoms with Gasteiger partial charge in [0, 0.05) is 26.6 Å². The van der Waals surface area contributed by atoms with Crippen molar-refractivity contribution in [2.75, 3.05) is 26.7 Å². The van der Waals surface area contributed by atoms with E-state index in [1.165, 1.54) is 11.4 Å². The zero-order valence-corrected chi connectivity index (χ0v) is 11.0. The van der Waals surface area contributed by atoms with Crippen LogP contribution in [-0.4, -0.2) is 45.3 Å². The standard InChI is InChI=1S/C9H22N4O3S/c1-13(8-4-6-10)17(15,16)12-7-3-2-5-9(11)14/h12H,2-8,10H2,1H3,(H2,11,14). The Labute approximate surface area is 103 Å². The summed E-state index contributed by atoms with van der Waals surface area (Å²) in [6.07, 6.45) is 2.08. The number of hydrogen-bond donors (Lipinski definition) is 3. The van der Waals surface area contributed by atoms with Crippen molar-refractivity contribution in [3.05, 3.63) is 0 Å². The maximum absolute atomic E-state index is 11.6. The lowest BCUT2D eigenvalue weighted by molar-refractivity contribution is -0.118. The van der Waals surface area contributed by atoms with Crippen LogP contribution >= 0.6 is 0 Å². The summed E-state index contributed by atoms with van der Waals surface area (Å²) < 4.78 is 26.9. The summed E-state index contributed by atoms with van der Waals surface area (Å²) in [6, 6.07) is 0. The van der Waals surface area contributed by atoms with Crippen LogP contribution in [-0.2, 0) is 15.0 Å². The van der Waals surface area contributed by atoms with Crippen LogP contribution in [0.5, 0.6) is 0 Å². The number of carbonyl (C=O) groups is 1. The molecular weight excluding hydrogens is 244 g/mol. The Kier molecular flexibility index (Phi) is 8.05. The van der Waals surface area contributed by atoms with Gasteiger partial charge in [0.2, 0.25) is 5.91 Å². The third kappa shape index (κ3) is 8.08. The highest BCUT2D eigenvalue weighted by Crippen LogP contribution is 1.97. The second-order valence-corrected chi connectivity index (χ2v) is 5.65. The summed E-state index contributed by atoms with van der Waals surface area (Å²) in [7, 11) is -1.92. The molecule has 0 aromatic rings. The molecule has 0 heterocycles. The van der Waals surface area contributed by atoms with E-state index in [0.717, 1.165) is 0 Å². The van der Waals surface area contributed by atoms with E-state index in [0.29, 0.717) is 38.9 Å². The van der Waals surface area contributed by atoms with E-state index in [-0.39, 0.29) is 12.3 Å². The molecule has 102 valence electrons. The number of amides is 1. The smallest absolute Gasteiger partial charge is 0.279 e. The molecule has 0 atom stereocenters. The third-order valence-electron chi connectivity index (χ3n) is 2.22. The number of rotatable bonds is 10. The Hall–Kier alpha value is -0.700. The van der Waals surface area contributed by atoms with Crippen LogP contribution in [0.2, 0.25) is 0 Å². The first-order chi connectivity index (χ1) is 7.90. The van der Waals surface area contributed by atoms with Gasteiger partial charge in [-0.3, -0.25) is 4.79 Å². The highest BCUT2D eigenvalue weighted by Gasteiger charge is 2.15. The molecule has 0 unspecified atom stereocenters. The molecule has 5 N–H and O–H groups in total. The summed E-state index contributed by atoms with van der Waals surface area (Å²) in [4.78, 5) is 10.4. The van der Waals surface area contributed by atoms with Crippen molar-refractivity contribution in [1.82, 2.24) is 9.03 Å². The van der Waals surface area contributed by atoms with E-state index >= 15 is 0 Å². The fraction of sp³-hybridized carbons (Fsp3) is 0.889. The lowest BCUT2D eigenvalue weighted by Gasteiger charge is -2.17. The van der Waals surface area contributed by atoms with Crippen LogP contribution in [0.15, 0.2) is 0 Å². The molecule has 0 radical (unpaired) electrons. The van der Waals surface area contributed by atoms with Crippen molar-refractivity contribution < 1.29 is 13.2 Å².